The molecule has 1 rings (SSSR count). The number of unbranched alkanes of at least 4 members (excludes halogenated alkanes) is 1. The van der Waals surface area contributed by atoms with Crippen molar-refractivity contribution < 1.29 is 4.74 Å². The minimum absolute atomic E-state index is 0.291. The lowest BCUT2D eigenvalue weighted by Gasteiger charge is -2.11. The monoisotopic (exact) mass is 261 g/mol. The van der Waals surface area contributed by atoms with Crippen LogP contribution >= 0.6 is 0 Å². The van der Waals surface area contributed by atoms with E-state index in [0.717, 1.165) is 37.3 Å². The van der Waals surface area contributed by atoms with Gasteiger partial charge in [0.05, 0.1) is 11.7 Å². The maximum absolute atomic E-state index is 9.14. The highest BCUT2D eigenvalue weighted by molar-refractivity contribution is 5.56. The molecule has 1 N–H and O–H groups in total. The summed E-state index contributed by atoms with van der Waals surface area (Å²) in [6.07, 6.45) is 2.31. The minimum atomic E-state index is 0.291. The number of hydrogen-bond acceptors (Lipinski definition) is 4. The quantitative estimate of drug-likeness (QED) is 0.766. The number of aromatic nitrogens is 1. The molecule has 0 bridgehead atoms. The second-order valence-corrected chi connectivity index (χ2v) is 4.97. The van der Waals surface area contributed by atoms with E-state index in [1.54, 1.807) is 0 Å². The molecular weight excluding hydrogens is 238 g/mol. The summed E-state index contributed by atoms with van der Waals surface area (Å²) in [5.74, 6) is 0.699. The van der Waals surface area contributed by atoms with Gasteiger partial charge in [-0.3, -0.25) is 0 Å². The molecule has 19 heavy (non-hydrogen) atoms. The van der Waals surface area contributed by atoms with Crippen molar-refractivity contribution in [1.29, 1.82) is 5.26 Å². The topological polar surface area (TPSA) is 57.9 Å². The third-order valence-corrected chi connectivity index (χ3v) is 2.77. The predicted molar refractivity (Wildman–Crippen MR) is 77.2 cm³/mol. The van der Waals surface area contributed by atoms with Crippen molar-refractivity contribution in [2.45, 2.75) is 46.6 Å². The van der Waals surface area contributed by atoms with Gasteiger partial charge >= 0.3 is 0 Å². The van der Waals surface area contributed by atoms with E-state index in [1.165, 1.54) is 0 Å². The smallest absolute Gasteiger partial charge is 0.144 e. The predicted octanol–water partition coefficient (Wildman–Crippen LogP) is 3.19. The molecule has 104 valence electrons. The number of nitrogens with zero attached hydrogens (tertiary/aromatic N) is 2. The van der Waals surface area contributed by atoms with Crippen molar-refractivity contribution >= 4 is 5.82 Å². The first-order valence-corrected chi connectivity index (χ1v) is 6.78. The van der Waals surface area contributed by atoms with Gasteiger partial charge in [0.25, 0.3) is 0 Å². The van der Waals surface area contributed by atoms with Crippen LogP contribution in [-0.2, 0) is 4.74 Å². The molecule has 0 saturated carbocycles. The number of anilines is 1. The average molecular weight is 261 g/mol. The summed E-state index contributed by atoms with van der Waals surface area (Å²) in [6.45, 7) is 9.55. The maximum atomic E-state index is 9.14. The number of ether oxygens (including phenoxy) is 1. The summed E-state index contributed by atoms with van der Waals surface area (Å²) in [7, 11) is 0. The van der Waals surface area contributed by atoms with E-state index in [0.29, 0.717) is 17.5 Å². The van der Waals surface area contributed by atoms with Gasteiger partial charge in [-0.15, -0.1) is 0 Å². The van der Waals surface area contributed by atoms with E-state index in [4.69, 9.17) is 10.00 Å². The van der Waals surface area contributed by atoms with Crippen LogP contribution in [0.1, 0.15) is 43.5 Å². The largest absolute Gasteiger partial charge is 0.379 e. The second-order valence-electron chi connectivity index (χ2n) is 4.97. The minimum Gasteiger partial charge on any atom is -0.379 e. The van der Waals surface area contributed by atoms with Gasteiger partial charge in [-0.05, 0) is 52.2 Å². The van der Waals surface area contributed by atoms with Gasteiger partial charge in [-0.2, -0.15) is 5.26 Å². The zero-order valence-corrected chi connectivity index (χ0v) is 12.3. The Bertz CT molecular complexity index is 449. The standard InChI is InChI=1S/C15H23N3O/c1-11(2)19-8-6-5-7-17-15-14(10-16)12(3)9-13(4)18-15/h9,11H,5-8H2,1-4H3,(H,17,18). The van der Waals surface area contributed by atoms with Gasteiger partial charge in [0.1, 0.15) is 11.9 Å². The fraction of sp³-hybridized carbons (Fsp3) is 0.600. The molecule has 1 aromatic rings. The van der Waals surface area contributed by atoms with Crippen molar-refractivity contribution in [2.24, 2.45) is 0 Å². The lowest BCUT2D eigenvalue weighted by molar-refractivity contribution is 0.0765. The van der Waals surface area contributed by atoms with E-state index < -0.39 is 0 Å². The Kier molecular flexibility index (Phi) is 6.31. The second kappa shape index (κ2) is 7.75. The molecule has 1 heterocycles. The first kappa shape index (κ1) is 15.5. The number of aryl methyl sites for hydroxylation is 2. The average Bonchev–Trinajstić information content (AvgIpc) is 2.32. The molecule has 0 atom stereocenters. The lowest BCUT2D eigenvalue weighted by atomic mass is 10.1. The highest BCUT2D eigenvalue weighted by atomic mass is 16.5. The summed E-state index contributed by atoms with van der Waals surface area (Å²) < 4.78 is 5.48. The first-order chi connectivity index (χ1) is 9.04. The Hall–Kier alpha value is -1.60. The van der Waals surface area contributed by atoms with Crippen molar-refractivity contribution in [1.82, 2.24) is 4.98 Å². The zero-order chi connectivity index (χ0) is 14.3. The third-order valence-electron chi connectivity index (χ3n) is 2.77. The molecule has 0 unspecified atom stereocenters. The van der Waals surface area contributed by atoms with Crippen LogP contribution in [0.3, 0.4) is 0 Å². The number of rotatable bonds is 7. The Morgan fingerprint density at radius 3 is 2.74 bits per heavy atom. The van der Waals surface area contributed by atoms with Crippen LogP contribution in [0.4, 0.5) is 5.82 Å². The summed E-state index contributed by atoms with van der Waals surface area (Å²) >= 11 is 0. The Morgan fingerprint density at radius 2 is 2.11 bits per heavy atom. The molecule has 0 amide bonds. The molecule has 0 spiro atoms. The van der Waals surface area contributed by atoms with E-state index in [-0.39, 0.29) is 0 Å². The van der Waals surface area contributed by atoms with Crippen molar-refractivity contribution in [3.05, 3.63) is 22.9 Å². The Labute approximate surface area is 115 Å². The third kappa shape index (κ3) is 5.27. The molecule has 4 heteroatoms. The van der Waals surface area contributed by atoms with Crippen LogP contribution < -0.4 is 5.32 Å². The van der Waals surface area contributed by atoms with E-state index in [9.17, 15) is 0 Å². The number of nitrogens with one attached hydrogen (secondary N) is 1. The van der Waals surface area contributed by atoms with Crippen LogP contribution in [0.25, 0.3) is 0 Å². The highest BCUT2D eigenvalue weighted by Gasteiger charge is 2.07. The van der Waals surface area contributed by atoms with E-state index in [1.807, 2.05) is 33.8 Å². The fourth-order valence-corrected chi connectivity index (χ4v) is 1.86. The van der Waals surface area contributed by atoms with Crippen LogP contribution in [0.5, 0.6) is 0 Å². The summed E-state index contributed by atoms with van der Waals surface area (Å²) in [5, 5.41) is 12.4. The number of pyridine rings is 1. The summed E-state index contributed by atoms with van der Waals surface area (Å²) in [5.41, 5.74) is 2.55. The molecule has 0 aliphatic carbocycles. The fourth-order valence-electron chi connectivity index (χ4n) is 1.86. The van der Waals surface area contributed by atoms with E-state index >= 15 is 0 Å². The van der Waals surface area contributed by atoms with Crippen LogP contribution in [0.15, 0.2) is 6.07 Å². The molecule has 1 aromatic heterocycles. The van der Waals surface area contributed by atoms with Gasteiger partial charge in [-0.25, -0.2) is 4.98 Å². The van der Waals surface area contributed by atoms with Gasteiger partial charge < -0.3 is 10.1 Å². The Balaban J connectivity index is 2.43. The van der Waals surface area contributed by atoms with Crippen molar-refractivity contribution in [3.63, 3.8) is 0 Å². The number of hydrogen-bond donors (Lipinski definition) is 1. The number of nitriles is 1. The molecule has 4 nitrogen and oxygen atoms in total. The van der Waals surface area contributed by atoms with Crippen molar-refractivity contribution in [3.8, 4) is 6.07 Å². The maximum Gasteiger partial charge on any atom is 0.144 e. The molecule has 0 aromatic carbocycles. The lowest BCUT2D eigenvalue weighted by Crippen LogP contribution is -2.09. The summed E-state index contributed by atoms with van der Waals surface area (Å²) in [6, 6.07) is 4.14. The summed E-state index contributed by atoms with van der Waals surface area (Å²) in [4.78, 5) is 4.39. The van der Waals surface area contributed by atoms with Gasteiger partial charge in [0.15, 0.2) is 0 Å². The normalized spacial score (nSPS) is 10.5. The molecule has 0 radical (unpaired) electrons. The van der Waals surface area contributed by atoms with E-state index in [2.05, 4.69) is 16.4 Å². The van der Waals surface area contributed by atoms with Crippen LogP contribution in [-0.4, -0.2) is 24.2 Å². The molecule has 0 aliphatic heterocycles. The van der Waals surface area contributed by atoms with Crippen LogP contribution in [0.2, 0.25) is 0 Å². The first-order valence-electron chi connectivity index (χ1n) is 6.78. The SMILES string of the molecule is Cc1cc(C)c(C#N)c(NCCCCOC(C)C)n1. The highest BCUT2D eigenvalue weighted by Crippen LogP contribution is 2.17. The zero-order valence-electron chi connectivity index (χ0n) is 12.3. The van der Waals surface area contributed by atoms with Gasteiger partial charge in [-0.1, -0.05) is 0 Å². The molecular formula is C15H23N3O. The van der Waals surface area contributed by atoms with Gasteiger partial charge in [0, 0.05) is 18.8 Å². The van der Waals surface area contributed by atoms with Gasteiger partial charge in [0.2, 0.25) is 0 Å². The Morgan fingerprint density at radius 1 is 1.37 bits per heavy atom. The molecule has 0 saturated heterocycles. The van der Waals surface area contributed by atoms with Crippen molar-refractivity contribution in [2.75, 3.05) is 18.5 Å². The molecule has 0 fully saturated rings. The van der Waals surface area contributed by atoms with Crippen LogP contribution in [0, 0.1) is 25.2 Å². The molecule has 0 aliphatic rings.